The number of halogens is 2. The highest BCUT2D eigenvalue weighted by molar-refractivity contribution is 6.35. The third-order valence-corrected chi connectivity index (χ3v) is 2.90. The van der Waals surface area contributed by atoms with Gasteiger partial charge in [-0.25, -0.2) is 4.98 Å². The molecule has 0 radical (unpaired) electrons. The van der Waals surface area contributed by atoms with Crippen LogP contribution in [-0.2, 0) is 0 Å². The van der Waals surface area contributed by atoms with E-state index in [0.717, 1.165) is 10.9 Å². The van der Waals surface area contributed by atoms with Gasteiger partial charge in [-0.2, -0.15) is 10.1 Å². The molecule has 0 aliphatic carbocycles. The maximum atomic E-state index is 5.98. The van der Waals surface area contributed by atoms with E-state index in [4.69, 9.17) is 28.9 Å². The number of nitrogens with zero attached hydrogens (tertiary/aromatic N) is 3. The number of H-pyrrole nitrogens is 1. The van der Waals surface area contributed by atoms with Crippen molar-refractivity contribution in [2.45, 2.75) is 0 Å². The molecule has 0 aliphatic heterocycles. The number of aromatic amines is 1. The quantitative estimate of drug-likeness (QED) is 0.718. The third kappa shape index (κ3) is 1.87. The van der Waals surface area contributed by atoms with E-state index in [1.54, 1.807) is 24.4 Å². The van der Waals surface area contributed by atoms with Crippen molar-refractivity contribution in [3.05, 3.63) is 34.4 Å². The molecule has 0 amide bonds. The monoisotopic (exact) mass is 279 g/mol. The van der Waals surface area contributed by atoms with Gasteiger partial charge in [0, 0.05) is 15.6 Å². The summed E-state index contributed by atoms with van der Waals surface area (Å²) in [6.07, 6.45) is 1.64. The van der Waals surface area contributed by atoms with E-state index >= 15 is 0 Å². The second-order valence-corrected chi connectivity index (χ2v) is 4.59. The van der Waals surface area contributed by atoms with Crippen LogP contribution in [-0.4, -0.2) is 20.2 Å². The predicted octanol–water partition coefficient (Wildman–Crippen LogP) is 2.91. The van der Waals surface area contributed by atoms with E-state index in [-0.39, 0.29) is 5.95 Å². The van der Waals surface area contributed by atoms with Crippen LogP contribution in [0.5, 0.6) is 0 Å². The summed E-state index contributed by atoms with van der Waals surface area (Å²) in [5.74, 6) is 0.165. The molecule has 2 heterocycles. The highest BCUT2D eigenvalue weighted by Gasteiger charge is 2.11. The van der Waals surface area contributed by atoms with Crippen molar-refractivity contribution in [3.63, 3.8) is 0 Å². The minimum atomic E-state index is 0.165. The van der Waals surface area contributed by atoms with Crippen molar-refractivity contribution in [2.75, 3.05) is 5.73 Å². The largest absolute Gasteiger partial charge is 0.368 e. The maximum Gasteiger partial charge on any atom is 0.222 e. The second kappa shape index (κ2) is 4.12. The zero-order valence-corrected chi connectivity index (χ0v) is 10.5. The van der Waals surface area contributed by atoms with Gasteiger partial charge in [-0.15, -0.1) is 0 Å². The van der Waals surface area contributed by atoms with Gasteiger partial charge in [0.15, 0.2) is 5.65 Å². The molecule has 0 bridgehead atoms. The van der Waals surface area contributed by atoms with E-state index < -0.39 is 0 Å². The van der Waals surface area contributed by atoms with Gasteiger partial charge in [-0.3, -0.25) is 5.10 Å². The minimum Gasteiger partial charge on any atom is -0.368 e. The smallest absolute Gasteiger partial charge is 0.222 e. The molecule has 5 nitrogen and oxygen atoms in total. The van der Waals surface area contributed by atoms with Crippen LogP contribution < -0.4 is 5.73 Å². The first-order chi connectivity index (χ1) is 8.63. The molecular weight excluding hydrogens is 273 g/mol. The summed E-state index contributed by atoms with van der Waals surface area (Å²) < 4.78 is 0. The average Bonchev–Trinajstić information content (AvgIpc) is 2.74. The third-order valence-electron chi connectivity index (χ3n) is 2.46. The molecule has 90 valence electrons. The number of benzene rings is 1. The average molecular weight is 280 g/mol. The highest BCUT2D eigenvalue weighted by Crippen LogP contribution is 2.30. The van der Waals surface area contributed by atoms with Crippen molar-refractivity contribution in [1.82, 2.24) is 20.2 Å². The maximum absolute atomic E-state index is 5.98. The molecule has 0 saturated heterocycles. The van der Waals surface area contributed by atoms with Gasteiger partial charge < -0.3 is 5.73 Å². The Hall–Kier alpha value is -1.85. The predicted molar refractivity (Wildman–Crippen MR) is 71.6 cm³/mol. The first-order valence-electron chi connectivity index (χ1n) is 5.06. The van der Waals surface area contributed by atoms with Gasteiger partial charge in [-0.05, 0) is 18.2 Å². The van der Waals surface area contributed by atoms with Crippen LogP contribution in [0, 0.1) is 0 Å². The molecule has 1 aromatic carbocycles. The summed E-state index contributed by atoms with van der Waals surface area (Å²) in [7, 11) is 0. The number of nitrogen functional groups attached to an aromatic ring is 1. The molecule has 0 aliphatic rings. The Labute approximate surface area is 112 Å². The molecular formula is C11H7Cl2N5. The number of nitrogens with two attached hydrogens (primary N) is 1. The van der Waals surface area contributed by atoms with Crippen molar-refractivity contribution in [1.29, 1.82) is 0 Å². The van der Waals surface area contributed by atoms with Gasteiger partial charge in [0.05, 0.1) is 17.3 Å². The zero-order valence-electron chi connectivity index (χ0n) is 8.98. The van der Waals surface area contributed by atoms with Crippen molar-refractivity contribution in [3.8, 4) is 11.3 Å². The van der Waals surface area contributed by atoms with Crippen molar-refractivity contribution >= 4 is 40.2 Å². The number of hydrogen-bond donors (Lipinski definition) is 2. The molecule has 2 aromatic heterocycles. The minimum absolute atomic E-state index is 0.165. The number of aromatic nitrogens is 4. The number of anilines is 1. The lowest BCUT2D eigenvalue weighted by molar-refractivity contribution is 1.09. The number of nitrogens with one attached hydrogen (secondary N) is 1. The van der Waals surface area contributed by atoms with Crippen LogP contribution >= 0.6 is 23.2 Å². The Kier molecular flexibility index (Phi) is 2.57. The molecule has 0 atom stereocenters. The van der Waals surface area contributed by atoms with Crippen LogP contribution in [0.3, 0.4) is 0 Å². The molecule has 3 N–H and O–H groups in total. The fraction of sp³-hybridized carbons (Fsp3) is 0. The Bertz CT molecular complexity index is 717. The van der Waals surface area contributed by atoms with Crippen LogP contribution in [0.4, 0.5) is 5.95 Å². The molecule has 18 heavy (non-hydrogen) atoms. The molecule has 3 aromatic rings. The summed E-state index contributed by atoms with van der Waals surface area (Å²) in [5.41, 5.74) is 7.66. The normalized spacial score (nSPS) is 11.0. The lowest BCUT2D eigenvalue weighted by Gasteiger charge is -2.04. The van der Waals surface area contributed by atoms with Gasteiger partial charge >= 0.3 is 0 Å². The lowest BCUT2D eigenvalue weighted by Crippen LogP contribution is -1.97. The Morgan fingerprint density at radius 2 is 1.78 bits per heavy atom. The Balaban J connectivity index is 2.33. The van der Waals surface area contributed by atoms with Crippen LogP contribution in [0.15, 0.2) is 24.4 Å². The second-order valence-electron chi connectivity index (χ2n) is 3.72. The topological polar surface area (TPSA) is 80.5 Å². The van der Waals surface area contributed by atoms with Crippen molar-refractivity contribution < 1.29 is 0 Å². The first-order valence-corrected chi connectivity index (χ1v) is 5.82. The summed E-state index contributed by atoms with van der Waals surface area (Å²) in [6, 6.07) is 5.19. The standard InChI is InChI=1S/C11H7Cl2N5/c12-6-1-5(2-7(13)3-6)9-8-4-15-18-10(8)17-11(14)16-9/h1-4H,(H3,14,15,16,17,18). The first kappa shape index (κ1) is 11.3. The molecule has 0 spiro atoms. The summed E-state index contributed by atoms with van der Waals surface area (Å²) >= 11 is 12.0. The van der Waals surface area contributed by atoms with E-state index in [9.17, 15) is 0 Å². The van der Waals surface area contributed by atoms with Crippen LogP contribution in [0.1, 0.15) is 0 Å². The highest BCUT2D eigenvalue weighted by atomic mass is 35.5. The molecule has 0 unspecified atom stereocenters. The SMILES string of the molecule is Nc1nc(-c2cc(Cl)cc(Cl)c2)c2cn[nH]c2n1. The van der Waals surface area contributed by atoms with E-state index in [0.29, 0.717) is 21.4 Å². The van der Waals surface area contributed by atoms with E-state index in [1.807, 2.05) is 0 Å². The molecule has 0 saturated carbocycles. The lowest BCUT2D eigenvalue weighted by atomic mass is 10.1. The Morgan fingerprint density at radius 3 is 2.50 bits per heavy atom. The van der Waals surface area contributed by atoms with Gasteiger partial charge in [0.2, 0.25) is 5.95 Å². The van der Waals surface area contributed by atoms with Crippen LogP contribution in [0.2, 0.25) is 10.0 Å². The zero-order chi connectivity index (χ0) is 12.7. The summed E-state index contributed by atoms with van der Waals surface area (Å²) in [6.45, 7) is 0. The number of fused-ring (bicyclic) bond motifs is 1. The van der Waals surface area contributed by atoms with Gasteiger partial charge in [-0.1, -0.05) is 23.2 Å². The summed E-state index contributed by atoms with van der Waals surface area (Å²) in [5, 5.41) is 8.51. The van der Waals surface area contributed by atoms with Gasteiger partial charge in [0.25, 0.3) is 0 Å². The van der Waals surface area contributed by atoms with Crippen LogP contribution in [0.25, 0.3) is 22.3 Å². The van der Waals surface area contributed by atoms with E-state index in [2.05, 4.69) is 20.2 Å². The molecule has 7 heteroatoms. The molecule has 3 rings (SSSR count). The summed E-state index contributed by atoms with van der Waals surface area (Å²) in [4.78, 5) is 8.26. The number of hydrogen-bond acceptors (Lipinski definition) is 4. The van der Waals surface area contributed by atoms with E-state index in [1.165, 1.54) is 0 Å². The Morgan fingerprint density at radius 1 is 1.06 bits per heavy atom. The van der Waals surface area contributed by atoms with Crippen molar-refractivity contribution in [2.24, 2.45) is 0 Å². The fourth-order valence-electron chi connectivity index (χ4n) is 1.76. The van der Waals surface area contributed by atoms with Gasteiger partial charge in [0.1, 0.15) is 0 Å². The number of rotatable bonds is 1. The fourth-order valence-corrected chi connectivity index (χ4v) is 2.29. The molecule has 0 fully saturated rings.